The molecule has 0 fully saturated rings. The molecule has 0 atom stereocenters. The maximum absolute atomic E-state index is 4.67. The minimum absolute atomic E-state index is 0.980. The van der Waals surface area contributed by atoms with Gasteiger partial charge in [-0.1, -0.05) is 54.6 Å². The number of anilines is 1. The number of aliphatic imine (C=N–C) groups is 1. The highest BCUT2D eigenvalue weighted by Crippen LogP contribution is 2.30. The fraction of sp³-hybridized carbons (Fsp3) is 0.148. The van der Waals surface area contributed by atoms with Gasteiger partial charge in [-0.15, -0.1) is 0 Å². The zero-order valence-electron chi connectivity index (χ0n) is 16.9. The van der Waals surface area contributed by atoms with Gasteiger partial charge < -0.3 is 4.90 Å². The summed E-state index contributed by atoms with van der Waals surface area (Å²) >= 11 is 0. The van der Waals surface area contributed by atoms with Gasteiger partial charge in [-0.25, -0.2) is 0 Å². The number of hydrogen-bond donors (Lipinski definition) is 0. The third-order valence-corrected chi connectivity index (χ3v) is 5.89. The van der Waals surface area contributed by atoms with Crippen molar-refractivity contribution in [2.45, 2.75) is 26.9 Å². The van der Waals surface area contributed by atoms with Gasteiger partial charge in [-0.3, -0.25) is 4.99 Å². The lowest BCUT2D eigenvalue weighted by Gasteiger charge is -2.17. The predicted octanol–water partition coefficient (Wildman–Crippen LogP) is 6.73. The first-order valence-corrected chi connectivity index (χ1v) is 10.1. The molecule has 0 amide bonds. The van der Waals surface area contributed by atoms with E-state index in [1.54, 1.807) is 0 Å². The molecule has 0 unspecified atom stereocenters. The summed E-state index contributed by atoms with van der Waals surface area (Å²) < 4.78 is 0. The molecule has 0 aliphatic carbocycles. The van der Waals surface area contributed by atoms with Gasteiger partial charge >= 0.3 is 0 Å². The van der Waals surface area contributed by atoms with E-state index in [2.05, 4.69) is 103 Å². The summed E-state index contributed by atoms with van der Waals surface area (Å²) in [4.78, 5) is 7.11. The van der Waals surface area contributed by atoms with Crippen molar-refractivity contribution in [1.29, 1.82) is 0 Å². The molecule has 1 heterocycles. The van der Waals surface area contributed by atoms with Gasteiger partial charge in [0.2, 0.25) is 0 Å². The molecule has 29 heavy (non-hydrogen) atoms. The average Bonchev–Trinajstić information content (AvgIpc) is 3.15. The maximum Gasteiger partial charge on any atom is 0.0636 e. The molecular weight excluding hydrogens is 352 g/mol. The fourth-order valence-corrected chi connectivity index (χ4v) is 4.06. The molecule has 0 radical (unpaired) electrons. The number of benzene rings is 4. The summed E-state index contributed by atoms with van der Waals surface area (Å²) in [6, 6.07) is 28.1. The van der Waals surface area contributed by atoms with E-state index in [0.717, 1.165) is 24.3 Å². The van der Waals surface area contributed by atoms with Gasteiger partial charge in [0.05, 0.1) is 5.69 Å². The second-order valence-corrected chi connectivity index (χ2v) is 7.94. The van der Waals surface area contributed by atoms with Crippen molar-refractivity contribution in [2.24, 2.45) is 4.99 Å². The Labute approximate surface area is 172 Å². The van der Waals surface area contributed by atoms with E-state index in [0.29, 0.717) is 0 Å². The van der Waals surface area contributed by atoms with Crippen LogP contribution in [-0.2, 0) is 13.1 Å². The second-order valence-electron chi connectivity index (χ2n) is 7.94. The molecule has 4 aromatic carbocycles. The summed E-state index contributed by atoms with van der Waals surface area (Å²) in [5.74, 6) is 0. The Bertz CT molecular complexity index is 1190. The number of nitrogens with zero attached hydrogens (tertiary/aromatic N) is 2. The van der Waals surface area contributed by atoms with Crippen LogP contribution < -0.4 is 4.90 Å². The Morgan fingerprint density at radius 2 is 1.38 bits per heavy atom. The fourth-order valence-electron chi connectivity index (χ4n) is 4.06. The predicted molar refractivity (Wildman–Crippen MR) is 123 cm³/mol. The molecule has 2 heteroatoms. The molecule has 4 aromatic rings. The number of aryl methyl sites for hydroxylation is 2. The third kappa shape index (κ3) is 3.54. The normalized spacial score (nSPS) is 13.4. The van der Waals surface area contributed by atoms with Crippen LogP contribution in [0.2, 0.25) is 0 Å². The number of rotatable bonds is 3. The lowest BCUT2D eigenvalue weighted by molar-refractivity contribution is 0.880. The molecule has 0 aromatic heterocycles. The van der Waals surface area contributed by atoms with Crippen molar-refractivity contribution in [2.75, 3.05) is 4.90 Å². The van der Waals surface area contributed by atoms with Crippen LogP contribution in [0, 0.1) is 13.8 Å². The topological polar surface area (TPSA) is 15.6 Å². The van der Waals surface area contributed by atoms with Crippen molar-refractivity contribution in [3.05, 3.63) is 107 Å². The minimum atomic E-state index is 0.980. The van der Waals surface area contributed by atoms with Crippen LogP contribution >= 0.6 is 0 Å². The molecule has 0 saturated heterocycles. The Hall–Kier alpha value is -3.39. The van der Waals surface area contributed by atoms with Gasteiger partial charge in [-0.05, 0) is 76.7 Å². The first kappa shape index (κ1) is 17.7. The summed E-state index contributed by atoms with van der Waals surface area (Å²) in [5, 5.41) is 2.46. The van der Waals surface area contributed by atoms with Crippen LogP contribution in [0.15, 0.2) is 83.9 Å². The zero-order valence-corrected chi connectivity index (χ0v) is 16.9. The maximum atomic E-state index is 4.67. The van der Waals surface area contributed by atoms with Crippen molar-refractivity contribution in [3.8, 4) is 0 Å². The largest absolute Gasteiger partial charge is 0.363 e. The van der Waals surface area contributed by atoms with Gasteiger partial charge in [-0.2, -0.15) is 0 Å². The highest BCUT2D eigenvalue weighted by atomic mass is 15.1. The SMILES string of the molecule is Cc1cc2c(cc1C)CN(c1ccc(C=Nc3ccc4ccccc4c3)cc1)C2. The monoisotopic (exact) mass is 376 g/mol. The van der Waals surface area contributed by atoms with Crippen LogP contribution in [0.1, 0.15) is 27.8 Å². The molecule has 0 bridgehead atoms. The molecule has 0 N–H and O–H groups in total. The molecule has 1 aliphatic rings. The van der Waals surface area contributed by atoms with Gasteiger partial charge in [0.1, 0.15) is 0 Å². The van der Waals surface area contributed by atoms with Gasteiger partial charge in [0.25, 0.3) is 0 Å². The molecule has 0 spiro atoms. The van der Waals surface area contributed by atoms with Crippen LogP contribution in [0.25, 0.3) is 10.8 Å². The van der Waals surface area contributed by atoms with E-state index in [4.69, 9.17) is 0 Å². The minimum Gasteiger partial charge on any atom is -0.363 e. The summed E-state index contributed by atoms with van der Waals surface area (Å²) in [6.45, 7) is 6.37. The van der Waals surface area contributed by atoms with E-state index < -0.39 is 0 Å². The van der Waals surface area contributed by atoms with E-state index >= 15 is 0 Å². The van der Waals surface area contributed by atoms with E-state index in [1.165, 1.54) is 38.7 Å². The summed E-state index contributed by atoms with van der Waals surface area (Å²) in [5.41, 5.74) is 9.03. The molecule has 5 rings (SSSR count). The molecule has 1 aliphatic heterocycles. The first-order chi connectivity index (χ1) is 14.2. The van der Waals surface area contributed by atoms with Crippen molar-refractivity contribution >= 4 is 28.4 Å². The Kier molecular flexibility index (Phi) is 4.40. The Morgan fingerprint density at radius 3 is 2.07 bits per heavy atom. The zero-order chi connectivity index (χ0) is 19.8. The Balaban J connectivity index is 1.32. The quantitative estimate of drug-likeness (QED) is 0.362. The highest BCUT2D eigenvalue weighted by Gasteiger charge is 2.19. The molecule has 0 saturated carbocycles. The Morgan fingerprint density at radius 1 is 0.724 bits per heavy atom. The standard InChI is InChI=1S/C27H24N2/c1-19-13-24-17-29(18-25(24)14-20(19)2)27-11-7-21(8-12-27)16-28-26-10-9-22-5-3-4-6-23(22)15-26/h3-16H,17-18H2,1-2H3. The van der Waals surface area contributed by atoms with E-state index in [9.17, 15) is 0 Å². The van der Waals surface area contributed by atoms with Gasteiger partial charge in [0, 0.05) is 25.0 Å². The first-order valence-electron chi connectivity index (χ1n) is 10.1. The summed E-state index contributed by atoms with van der Waals surface area (Å²) in [7, 11) is 0. The molecule has 142 valence electrons. The van der Waals surface area contributed by atoms with Crippen molar-refractivity contribution < 1.29 is 0 Å². The van der Waals surface area contributed by atoms with Crippen LogP contribution in [0.4, 0.5) is 11.4 Å². The van der Waals surface area contributed by atoms with Crippen LogP contribution in [0.3, 0.4) is 0 Å². The number of hydrogen-bond acceptors (Lipinski definition) is 2. The van der Waals surface area contributed by atoms with Crippen LogP contribution in [-0.4, -0.2) is 6.21 Å². The molecule has 2 nitrogen and oxygen atoms in total. The number of fused-ring (bicyclic) bond motifs is 2. The smallest absolute Gasteiger partial charge is 0.0636 e. The average molecular weight is 377 g/mol. The second kappa shape index (κ2) is 7.21. The summed E-state index contributed by atoms with van der Waals surface area (Å²) in [6.07, 6.45) is 1.94. The lowest BCUT2D eigenvalue weighted by atomic mass is 10.0. The van der Waals surface area contributed by atoms with E-state index in [1.807, 2.05) is 6.21 Å². The van der Waals surface area contributed by atoms with Crippen molar-refractivity contribution in [3.63, 3.8) is 0 Å². The third-order valence-electron chi connectivity index (χ3n) is 5.89. The lowest BCUT2D eigenvalue weighted by Crippen LogP contribution is -2.14. The van der Waals surface area contributed by atoms with Crippen LogP contribution in [0.5, 0.6) is 0 Å². The van der Waals surface area contributed by atoms with Gasteiger partial charge in [0.15, 0.2) is 0 Å². The van der Waals surface area contributed by atoms with E-state index in [-0.39, 0.29) is 0 Å². The van der Waals surface area contributed by atoms with Crippen molar-refractivity contribution in [1.82, 2.24) is 0 Å². The highest BCUT2D eigenvalue weighted by molar-refractivity contribution is 5.87. The molecular formula is C27H24N2.